The van der Waals surface area contributed by atoms with Gasteiger partial charge < -0.3 is 4.74 Å². The molecule has 0 unspecified atom stereocenters. The fourth-order valence-electron chi connectivity index (χ4n) is 3.13. The Morgan fingerprint density at radius 1 is 1.03 bits per heavy atom. The summed E-state index contributed by atoms with van der Waals surface area (Å²) in [6, 6.07) is 19.6. The van der Waals surface area contributed by atoms with Gasteiger partial charge in [-0.2, -0.15) is 10.1 Å². The SMILES string of the molecule is CC1=NN(c2ccccc2)C(=O)/C1=C/c1cc(I)c(OCc2ccc(F)cc2)c(I)c1. The maximum absolute atomic E-state index is 13.1. The summed E-state index contributed by atoms with van der Waals surface area (Å²) in [6.07, 6.45) is 1.86. The van der Waals surface area contributed by atoms with Gasteiger partial charge in [-0.25, -0.2) is 4.39 Å². The number of hydrazone groups is 1. The average Bonchev–Trinajstić information content (AvgIpc) is 3.03. The van der Waals surface area contributed by atoms with Crippen LogP contribution in [0.15, 0.2) is 77.4 Å². The average molecular weight is 638 g/mol. The van der Waals surface area contributed by atoms with Crippen LogP contribution in [0.4, 0.5) is 10.1 Å². The molecule has 156 valence electrons. The number of carbonyl (C=O) groups excluding carboxylic acids is 1. The quantitative estimate of drug-likeness (QED) is 0.239. The van der Waals surface area contributed by atoms with E-state index in [1.807, 2.05) is 55.5 Å². The van der Waals surface area contributed by atoms with Crippen molar-refractivity contribution in [1.29, 1.82) is 0 Å². The first-order chi connectivity index (χ1) is 14.9. The standard InChI is InChI=1S/C24H17FI2N2O2/c1-15-20(24(30)29(28-15)19-5-3-2-4-6-19)11-17-12-21(26)23(22(27)13-17)31-14-16-7-9-18(25)10-8-16/h2-13H,14H2,1H3/b20-11+. The van der Waals surface area contributed by atoms with E-state index in [0.717, 1.165) is 29.7 Å². The van der Waals surface area contributed by atoms with Crippen molar-refractivity contribution in [3.63, 3.8) is 0 Å². The number of amides is 1. The van der Waals surface area contributed by atoms with Crippen molar-refractivity contribution in [2.24, 2.45) is 5.10 Å². The fraction of sp³-hybridized carbons (Fsp3) is 0.0833. The van der Waals surface area contributed by atoms with Crippen LogP contribution in [-0.2, 0) is 11.4 Å². The third kappa shape index (κ3) is 4.98. The first-order valence-electron chi connectivity index (χ1n) is 9.45. The molecule has 1 aliphatic heterocycles. The van der Waals surface area contributed by atoms with Crippen LogP contribution >= 0.6 is 45.2 Å². The predicted octanol–water partition coefficient (Wildman–Crippen LogP) is 6.42. The van der Waals surface area contributed by atoms with Crippen molar-refractivity contribution in [2.45, 2.75) is 13.5 Å². The van der Waals surface area contributed by atoms with E-state index < -0.39 is 0 Å². The molecule has 0 fully saturated rings. The van der Waals surface area contributed by atoms with Crippen LogP contribution in [0.1, 0.15) is 18.1 Å². The van der Waals surface area contributed by atoms with Gasteiger partial charge in [0.05, 0.1) is 24.1 Å². The number of rotatable bonds is 5. The van der Waals surface area contributed by atoms with Gasteiger partial charge in [0.15, 0.2) is 0 Å². The lowest BCUT2D eigenvalue weighted by molar-refractivity contribution is -0.114. The minimum atomic E-state index is -0.267. The van der Waals surface area contributed by atoms with Gasteiger partial charge in [0.2, 0.25) is 0 Å². The Morgan fingerprint density at radius 3 is 2.32 bits per heavy atom. The molecule has 0 N–H and O–H groups in total. The highest BCUT2D eigenvalue weighted by molar-refractivity contribution is 14.1. The van der Waals surface area contributed by atoms with Gasteiger partial charge in [-0.1, -0.05) is 30.3 Å². The fourth-order valence-corrected chi connectivity index (χ4v) is 5.26. The highest BCUT2D eigenvalue weighted by Crippen LogP contribution is 2.32. The van der Waals surface area contributed by atoms with Gasteiger partial charge in [-0.15, -0.1) is 0 Å². The molecular formula is C24H17FI2N2O2. The van der Waals surface area contributed by atoms with Crippen LogP contribution in [-0.4, -0.2) is 11.6 Å². The summed E-state index contributed by atoms with van der Waals surface area (Å²) in [5.41, 5.74) is 3.77. The summed E-state index contributed by atoms with van der Waals surface area (Å²) in [6.45, 7) is 2.19. The molecule has 4 nitrogen and oxygen atoms in total. The molecule has 0 aliphatic carbocycles. The summed E-state index contributed by atoms with van der Waals surface area (Å²) >= 11 is 4.45. The maximum Gasteiger partial charge on any atom is 0.280 e. The monoisotopic (exact) mass is 638 g/mol. The van der Waals surface area contributed by atoms with E-state index in [2.05, 4.69) is 50.3 Å². The van der Waals surface area contributed by atoms with Crippen molar-refractivity contribution < 1.29 is 13.9 Å². The molecule has 0 bridgehead atoms. The van der Waals surface area contributed by atoms with E-state index in [-0.39, 0.29) is 11.7 Å². The third-order valence-corrected chi connectivity index (χ3v) is 6.29. The second-order valence-electron chi connectivity index (χ2n) is 6.92. The second kappa shape index (κ2) is 9.47. The third-order valence-electron chi connectivity index (χ3n) is 4.69. The zero-order chi connectivity index (χ0) is 22.0. The first kappa shape index (κ1) is 21.9. The van der Waals surface area contributed by atoms with E-state index in [1.54, 1.807) is 12.1 Å². The van der Waals surface area contributed by atoms with Crippen LogP contribution in [0.2, 0.25) is 0 Å². The first-order valence-corrected chi connectivity index (χ1v) is 11.6. The minimum absolute atomic E-state index is 0.148. The highest BCUT2D eigenvalue weighted by Gasteiger charge is 2.28. The van der Waals surface area contributed by atoms with Crippen LogP contribution in [0, 0.1) is 13.0 Å². The molecule has 3 aromatic carbocycles. The lowest BCUT2D eigenvalue weighted by Gasteiger charge is -2.12. The highest BCUT2D eigenvalue weighted by atomic mass is 127. The number of carbonyl (C=O) groups is 1. The maximum atomic E-state index is 13.1. The molecule has 0 saturated heterocycles. The van der Waals surface area contributed by atoms with Gasteiger partial charge in [-0.3, -0.25) is 4.79 Å². The normalized spacial score (nSPS) is 14.8. The number of ether oxygens (including phenoxy) is 1. The number of hydrogen-bond donors (Lipinski definition) is 0. The van der Waals surface area contributed by atoms with E-state index in [0.29, 0.717) is 17.9 Å². The van der Waals surface area contributed by atoms with Crippen molar-refractivity contribution in [1.82, 2.24) is 0 Å². The molecule has 7 heteroatoms. The number of halogens is 3. The molecule has 0 aromatic heterocycles. The van der Waals surface area contributed by atoms with E-state index in [1.165, 1.54) is 17.1 Å². The van der Waals surface area contributed by atoms with Crippen LogP contribution < -0.4 is 9.75 Å². The molecule has 31 heavy (non-hydrogen) atoms. The largest absolute Gasteiger partial charge is 0.487 e. The predicted molar refractivity (Wildman–Crippen MR) is 138 cm³/mol. The second-order valence-corrected chi connectivity index (χ2v) is 9.25. The molecule has 1 amide bonds. The summed E-state index contributed by atoms with van der Waals surface area (Å²) in [5, 5.41) is 5.85. The number of hydrogen-bond acceptors (Lipinski definition) is 3. The Labute approximate surface area is 207 Å². The van der Waals surface area contributed by atoms with E-state index in [9.17, 15) is 9.18 Å². The van der Waals surface area contributed by atoms with Gasteiger partial charge in [0.1, 0.15) is 18.2 Å². The number of anilines is 1. The molecule has 4 rings (SSSR count). The number of para-hydroxylation sites is 1. The van der Waals surface area contributed by atoms with Crippen LogP contribution in [0.5, 0.6) is 5.75 Å². The smallest absolute Gasteiger partial charge is 0.280 e. The van der Waals surface area contributed by atoms with Gasteiger partial charge in [0.25, 0.3) is 5.91 Å². The molecule has 1 heterocycles. The molecule has 0 saturated carbocycles. The zero-order valence-electron chi connectivity index (χ0n) is 16.5. The van der Waals surface area contributed by atoms with E-state index in [4.69, 9.17) is 4.74 Å². The molecule has 0 spiro atoms. The molecule has 3 aromatic rings. The van der Waals surface area contributed by atoms with Gasteiger partial charge in [0, 0.05) is 0 Å². The van der Waals surface area contributed by atoms with Gasteiger partial charge in [-0.05, 0) is 106 Å². The molecular weight excluding hydrogens is 621 g/mol. The van der Waals surface area contributed by atoms with Crippen LogP contribution in [0.3, 0.4) is 0 Å². The zero-order valence-corrected chi connectivity index (χ0v) is 20.8. The Balaban J connectivity index is 1.55. The lowest BCUT2D eigenvalue weighted by Crippen LogP contribution is -2.21. The summed E-state index contributed by atoms with van der Waals surface area (Å²) in [4.78, 5) is 12.9. The summed E-state index contributed by atoms with van der Waals surface area (Å²) in [7, 11) is 0. The molecule has 1 aliphatic rings. The van der Waals surface area contributed by atoms with E-state index >= 15 is 0 Å². The minimum Gasteiger partial charge on any atom is -0.487 e. The van der Waals surface area contributed by atoms with Crippen LogP contribution in [0.25, 0.3) is 6.08 Å². The topological polar surface area (TPSA) is 41.9 Å². The summed E-state index contributed by atoms with van der Waals surface area (Å²) in [5.74, 6) is 0.350. The number of nitrogens with zero attached hydrogens (tertiary/aromatic N) is 2. The van der Waals surface area contributed by atoms with Crippen molar-refractivity contribution >= 4 is 68.6 Å². The Morgan fingerprint density at radius 2 is 1.68 bits per heavy atom. The molecule has 0 atom stereocenters. The Kier molecular flexibility index (Phi) is 6.71. The van der Waals surface area contributed by atoms with Crippen molar-refractivity contribution in [3.8, 4) is 5.75 Å². The Hall–Kier alpha value is -2.27. The van der Waals surface area contributed by atoms with Crippen molar-refractivity contribution in [3.05, 3.63) is 96.4 Å². The lowest BCUT2D eigenvalue weighted by atomic mass is 10.1. The van der Waals surface area contributed by atoms with Crippen molar-refractivity contribution in [2.75, 3.05) is 5.01 Å². The molecule has 0 radical (unpaired) electrons. The van der Waals surface area contributed by atoms with Gasteiger partial charge >= 0.3 is 0 Å². The Bertz CT molecular complexity index is 1170. The number of benzene rings is 3. The summed E-state index contributed by atoms with van der Waals surface area (Å²) < 4.78 is 20.9.